The number of nitrogens with one attached hydrogen (secondary N) is 1. The van der Waals surface area contributed by atoms with Gasteiger partial charge in [0.05, 0.1) is 6.07 Å². The van der Waals surface area contributed by atoms with Gasteiger partial charge in [0.25, 0.3) is 0 Å². The third-order valence-electron chi connectivity index (χ3n) is 3.56. The summed E-state index contributed by atoms with van der Waals surface area (Å²) in [6, 6.07) is 9.20. The van der Waals surface area contributed by atoms with Crippen LogP contribution >= 0.6 is 0 Å². The molecule has 1 heterocycles. The molecule has 0 saturated carbocycles. The van der Waals surface area contributed by atoms with Gasteiger partial charge in [-0.2, -0.15) is 5.26 Å². The average Bonchev–Trinajstić information content (AvgIpc) is 3.01. The third-order valence-corrected chi connectivity index (χ3v) is 3.56. The van der Waals surface area contributed by atoms with Gasteiger partial charge in [-0.25, -0.2) is 0 Å². The summed E-state index contributed by atoms with van der Waals surface area (Å²) in [5.74, 6) is -0.0895. The van der Waals surface area contributed by atoms with Crippen molar-refractivity contribution in [2.75, 3.05) is 18.4 Å². The van der Waals surface area contributed by atoms with Gasteiger partial charge in [0.2, 0.25) is 11.8 Å². The van der Waals surface area contributed by atoms with E-state index in [1.165, 1.54) is 0 Å². The summed E-state index contributed by atoms with van der Waals surface area (Å²) in [6.45, 7) is 1.78. The SMILES string of the molecule is N#CCC(=O)Nc1ccc(CCC(=O)N2CCCC2)cc1. The lowest BCUT2D eigenvalue weighted by Crippen LogP contribution is -2.27. The van der Waals surface area contributed by atoms with Gasteiger partial charge < -0.3 is 10.2 Å². The zero-order chi connectivity index (χ0) is 15.1. The number of nitriles is 1. The molecule has 0 radical (unpaired) electrons. The van der Waals surface area contributed by atoms with Crippen LogP contribution in [-0.4, -0.2) is 29.8 Å². The monoisotopic (exact) mass is 285 g/mol. The Morgan fingerprint density at radius 1 is 1.19 bits per heavy atom. The molecule has 1 fully saturated rings. The highest BCUT2D eigenvalue weighted by atomic mass is 16.2. The maximum Gasteiger partial charge on any atom is 0.238 e. The lowest BCUT2D eigenvalue weighted by Gasteiger charge is -2.14. The number of nitrogens with zero attached hydrogens (tertiary/aromatic N) is 2. The molecule has 21 heavy (non-hydrogen) atoms. The fourth-order valence-electron chi connectivity index (χ4n) is 2.41. The molecule has 110 valence electrons. The van der Waals surface area contributed by atoms with Gasteiger partial charge in [0.15, 0.2) is 0 Å². The summed E-state index contributed by atoms with van der Waals surface area (Å²) in [5, 5.41) is 11.1. The third kappa shape index (κ3) is 4.60. The van der Waals surface area contributed by atoms with Crippen molar-refractivity contribution in [3.63, 3.8) is 0 Å². The van der Waals surface area contributed by atoms with E-state index in [1.54, 1.807) is 18.2 Å². The average molecular weight is 285 g/mol. The van der Waals surface area contributed by atoms with Crippen molar-refractivity contribution in [3.8, 4) is 6.07 Å². The van der Waals surface area contributed by atoms with E-state index >= 15 is 0 Å². The van der Waals surface area contributed by atoms with Crippen molar-refractivity contribution in [2.24, 2.45) is 0 Å². The first kappa shape index (κ1) is 15.0. The first-order chi connectivity index (χ1) is 10.2. The molecule has 0 spiro atoms. The van der Waals surface area contributed by atoms with E-state index < -0.39 is 0 Å². The van der Waals surface area contributed by atoms with Crippen LogP contribution in [0.1, 0.15) is 31.2 Å². The Morgan fingerprint density at radius 2 is 1.86 bits per heavy atom. The van der Waals surface area contributed by atoms with E-state index in [9.17, 15) is 9.59 Å². The molecule has 0 aromatic heterocycles. The molecular formula is C16H19N3O2. The standard InChI is InChI=1S/C16H19N3O2/c17-10-9-15(20)18-14-6-3-13(4-7-14)5-8-16(21)19-11-1-2-12-19/h3-4,6-7H,1-2,5,8-9,11-12H2,(H,18,20). The number of hydrogen-bond acceptors (Lipinski definition) is 3. The molecule has 1 aliphatic heterocycles. The summed E-state index contributed by atoms with van der Waals surface area (Å²) in [7, 11) is 0. The smallest absolute Gasteiger partial charge is 0.238 e. The fraction of sp³-hybridized carbons (Fsp3) is 0.438. The normalized spacial score (nSPS) is 13.8. The highest BCUT2D eigenvalue weighted by Crippen LogP contribution is 2.14. The maximum absolute atomic E-state index is 11.9. The molecule has 2 amide bonds. The Morgan fingerprint density at radius 3 is 2.48 bits per heavy atom. The molecular weight excluding hydrogens is 266 g/mol. The van der Waals surface area contributed by atoms with Crippen LogP contribution in [0.4, 0.5) is 5.69 Å². The Hall–Kier alpha value is -2.35. The van der Waals surface area contributed by atoms with E-state index in [2.05, 4.69) is 5.32 Å². The molecule has 5 nitrogen and oxygen atoms in total. The van der Waals surface area contributed by atoms with Crippen molar-refractivity contribution in [2.45, 2.75) is 32.1 Å². The molecule has 2 rings (SSSR count). The molecule has 0 bridgehead atoms. The quantitative estimate of drug-likeness (QED) is 0.900. The summed E-state index contributed by atoms with van der Waals surface area (Å²) < 4.78 is 0. The Bertz CT molecular complexity index is 540. The predicted octanol–water partition coefficient (Wildman–Crippen LogP) is 2.09. The van der Waals surface area contributed by atoms with Crippen molar-refractivity contribution >= 4 is 17.5 Å². The predicted molar refractivity (Wildman–Crippen MR) is 79.4 cm³/mol. The van der Waals surface area contributed by atoms with E-state index in [-0.39, 0.29) is 18.2 Å². The van der Waals surface area contributed by atoms with Crippen molar-refractivity contribution in [3.05, 3.63) is 29.8 Å². The van der Waals surface area contributed by atoms with Crippen LogP contribution in [0.5, 0.6) is 0 Å². The first-order valence-corrected chi connectivity index (χ1v) is 7.22. The lowest BCUT2D eigenvalue weighted by atomic mass is 10.1. The summed E-state index contributed by atoms with van der Waals surface area (Å²) in [6.07, 6.45) is 3.32. The number of carbonyl (C=O) groups is 2. The van der Waals surface area contributed by atoms with Crippen LogP contribution in [0.3, 0.4) is 0 Å². The second-order valence-corrected chi connectivity index (χ2v) is 5.17. The molecule has 0 aliphatic carbocycles. The summed E-state index contributed by atoms with van der Waals surface area (Å²) >= 11 is 0. The summed E-state index contributed by atoms with van der Waals surface area (Å²) in [5.41, 5.74) is 1.74. The van der Waals surface area contributed by atoms with Gasteiger partial charge in [-0.3, -0.25) is 9.59 Å². The number of aryl methyl sites for hydroxylation is 1. The van der Waals surface area contributed by atoms with Crippen LogP contribution in [0.15, 0.2) is 24.3 Å². The second-order valence-electron chi connectivity index (χ2n) is 5.17. The van der Waals surface area contributed by atoms with Gasteiger partial charge in [-0.15, -0.1) is 0 Å². The number of likely N-dealkylation sites (tertiary alicyclic amines) is 1. The van der Waals surface area contributed by atoms with Crippen molar-refractivity contribution in [1.82, 2.24) is 4.90 Å². The molecule has 1 saturated heterocycles. The molecule has 1 N–H and O–H groups in total. The van der Waals surface area contributed by atoms with Crippen LogP contribution in [0.25, 0.3) is 0 Å². The number of hydrogen-bond donors (Lipinski definition) is 1. The topological polar surface area (TPSA) is 73.2 Å². The number of rotatable bonds is 5. The Labute approximate surface area is 124 Å². The molecule has 1 aromatic rings. The van der Waals surface area contributed by atoms with Gasteiger partial charge in [0.1, 0.15) is 6.42 Å². The molecule has 0 atom stereocenters. The zero-order valence-electron chi connectivity index (χ0n) is 12.0. The van der Waals surface area contributed by atoms with Gasteiger partial charge >= 0.3 is 0 Å². The Balaban J connectivity index is 1.80. The molecule has 0 unspecified atom stereocenters. The highest BCUT2D eigenvalue weighted by molar-refractivity contribution is 5.92. The van der Waals surface area contributed by atoms with Gasteiger partial charge in [-0.05, 0) is 37.0 Å². The molecule has 1 aliphatic rings. The minimum absolute atomic E-state index is 0.147. The zero-order valence-corrected chi connectivity index (χ0v) is 12.0. The number of benzene rings is 1. The van der Waals surface area contributed by atoms with E-state index in [0.29, 0.717) is 18.5 Å². The van der Waals surface area contributed by atoms with Crippen LogP contribution in [0.2, 0.25) is 0 Å². The highest BCUT2D eigenvalue weighted by Gasteiger charge is 2.17. The van der Waals surface area contributed by atoms with Crippen molar-refractivity contribution in [1.29, 1.82) is 5.26 Å². The molecule has 5 heteroatoms. The van der Waals surface area contributed by atoms with Crippen LogP contribution in [0, 0.1) is 11.3 Å². The number of anilines is 1. The fourth-order valence-corrected chi connectivity index (χ4v) is 2.41. The largest absolute Gasteiger partial charge is 0.343 e. The van der Waals surface area contributed by atoms with Crippen molar-refractivity contribution < 1.29 is 9.59 Å². The summed E-state index contributed by atoms with van der Waals surface area (Å²) in [4.78, 5) is 25.1. The van der Waals surface area contributed by atoms with E-state index in [1.807, 2.05) is 17.0 Å². The van der Waals surface area contributed by atoms with Gasteiger partial charge in [-0.1, -0.05) is 12.1 Å². The molecule has 1 aromatic carbocycles. The van der Waals surface area contributed by atoms with E-state index in [0.717, 1.165) is 31.5 Å². The number of carbonyl (C=O) groups excluding carboxylic acids is 2. The Kier molecular flexibility index (Phi) is 5.33. The van der Waals surface area contributed by atoms with E-state index in [4.69, 9.17) is 5.26 Å². The lowest BCUT2D eigenvalue weighted by molar-refractivity contribution is -0.130. The minimum Gasteiger partial charge on any atom is -0.343 e. The second kappa shape index (κ2) is 7.44. The number of amides is 2. The maximum atomic E-state index is 11.9. The minimum atomic E-state index is -0.311. The first-order valence-electron chi connectivity index (χ1n) is 7.22. The van der Waals surface area contributed by atoms with Crippen LogP contribution < -0.4 is 5.32 Å². The van der Waals surface area contributed by atoms with Crippen LogP contribution in [-0.2, 0) is 16.0 Å². The van der Waals surface area contributed by atoms with Gasteiger partial charge in [0, 0.05) is 25.2 Å².